The summed E-state index contributed by atoms with van der Waals surface area (Å²) in [5, 5.41) is 0. The standard InChI is InChI=1S/C11H9F3O4/c1-17-10(16)5-8-4-7(6-15)2-3-9(8)18-11(12,13)14/h2-4,6H,5H2,1H3. The van der Waals surface area contributed by atoms with Crippen LogP contribution in [0.4, 0.5) is 13.2 Å². The number of carbonyl (C=O) groups is 2. The maximum absolute atomic E-state index is 12.1. The molecule has 7 heteroatoms. The Kier molecular flexibility index (Phi) is 4.30. The van der Waals surface area contributed by atoms with Crippen LogP contribution in [0.25, 0.3) is 0 Å². The highest BCUT2D eigenvalue weighted by Gasteiger charge is 2.32. The molecule has 0 fully saturated rings. The van der Waals surface area contributed by atoms with Crippen molar-refractivity contribution < 1.29 is 32.2 Å². The van der Waals surface area contributed by atoms with Crippen molar-refractivity contribution in [3.63, 3.8) is 0 Å². The summed E-state index contributed by atoms with van der Waals surface area (Å²) in [6.45, 7) is 0. The maximum Gasteiger partial charge on any atom is 0.573 e. The third-order valence-electron chi connectivity index (χ3n) is 2.01. The third-order valence-corrected chi connectivity index (χ3v) is 2.01. The van der Waals surface area contributed by atoms with E-state index in [1.165, 1.54) is 0 Å². The smallest absolute Gasteiger partial charge is 0.469 e. The van der Waals surface area contributed by atoms with Crippen LogP contribution in [-0.4, -0.2) is 25.7 Å². The van der Waals surface area contributed by atoms with Crippen LogP contribution >= 0.6 is 0 Å². The number of benzene rings is 1. The molecule has 0 heterocycles. The summed E-state index contributed by atoms with van der Waals surface area (Å²) in [4.78, 5) is 21.6. The largest absolute Gasteiger partial charge is 0.573 e. The van der Waals surface area contributed by atoms with Crippen LogP contribution in [0.2, 0.25) is 0 Å². The van der Waals surface area contributed by atoms with Gasteiger partial charge < -0.3 is 9.47 Å². The minimum absolute atomic E-state index is 0.0659. The first-order chi connectivity index (χ1) is 8.35. The summed E-state index contributed by atoms with van der Waals surface area (Å²) < 4.78 is 44.4. The van der Waals surface area contributed by atoms with Gasteiger partial charge in [-0.15, -0.1) is 13.2 Å². The minimum Gasteiger partial charge on any atom is -0.469 e. The molecule has 1 rings (SSSR count). The van der Waals surface area contributed by atoms with E-state index in [2.05, 4.69) is 9.47 Å². The number of methoxy groups -OCH3 is 1. The Morgan fingerprint density at radius 3 is 2.56 bits per heavy atom. The highest BCUT2D eigenvalue weighted by Crippen LogP contribution is 2.27. The molecule has 0 aromatic heterocycles. The first-order valence-electron chi connectivity index (χ1n) is 4.76. The summed E-state index contributed by atoms with van der Waals surface area (Å²) in [5.41, 5.74) is 0.0761. The Morgan fingerprint density at radius 2 is 2.06 bits per heavy atom. The Hall–Kier alpha value is -2.05. The van der Waals surface area contributed by atoms with Gasteiger partial charge in [0.25, 0.3) is 0 Å². The van der Waals surface area contributed by atoms with E-state index in [1.54, 1.807) is 0 Å². The second-order valence-corrected chi connectivity index (χ2v) is 3.29. The predicted molar refractivity (Wildman–Crippen MR) is 54.2 cm³/mol. The van der Waals surface area contributed by atoms with Gasteiger partial charge in [-0.3, -0.25) is 9.59 Å². The van der Waals surface area contributed by atoms with Gasteiger partial charge in [0.2, 0.25) is 0 Å². The molecule has 1 aromatic carbocycles. The van der Waals surface area contributed by atoms with Gasteiger partial charge in [0.05, 0.1) is 13.5 Å². The molecule has 0 bridgehead atoms. The molecule has 0 aliphatic heterocycles. The average Bonchev–Trinajstić information content (AvgIpc) is 2.29. The number of esters is 1. The molecule has 0 atom stereocenters. The number of hydrogen-bond acceptors (Lipinski definition) is 4. The predicted octanol–water partition coefficient (Wildman–Crippen LogP) is 2.11. The average molecular weight is 262 g/mol. The van der Waals surface area contributed by atoms with E-state index >= 15 is 0 Å². The van der Waals surface area contributed by atoms with E-state index in [0.717, 1.165) is 25.3 Å². The monoisotopic (exact) mass is 262 g/mol. The molecule has 0 amide bonds. The lowest BCUT2D eigenvalue weighted by molar-refractivity contribution is -0.274. The van der Waals surface area contributed by atoms with Gasteiger partial charge in [0, 0.05) is 11.1 Å². The molecule has 0 N–H and O–H groups in total. The molecule has 0 saturated heterocycles. The van der Waals surface area contributed by atoms with E-state index in [0.29, 0.717) is 6.29 Å². The molecular weight excluding hydrogens is 253 g/mol. The van der Waals surface area contributed by atoms with E-state index < -0.39 is 24.5 Å². The van der Waals surface area contributed by atoms with Gasteiger partial charge in [0.15, 0.2) is 0 Å². The van der Waals surface area contributed by atoms with Crippen molar-refractivity contribution in [2.24, 2.45) is 0 Å². The molecule has 0 saturated carbocycles. The lowest BCUT2D eigenvalue weighted by Gasteiger charge is -2.13. The van der Waals surface area contributed by atoms with E-state index in [9.17, 15) is 22.8 Å². The van der Waals surface area contributed by atoms with Crippen molar-refractivity contribution in [2.75, 3.05) is 7.11 Å². The highest BCUT2D eigenvalue weighted by molar-refractivity contribution is 5.78. The zero-order chi connectivity index (χ0) is 13.8. The van der Waals surface area contributed by atoms with Crippen molar-refractivity contribution in [3.8, 4) is 5.75 Å². The van der Waals surface area contributed by atoms with Gasteiger partial charge in [-0.05, 0) is 18.2 Å². The van der Waals surface area contributed by atoms with Crippen LogP contribution in [-0.2, 0) is 16.0 Å². The Labute approximate surface area is 100 Å². The molecule has 0 aliphatic rings. The van der Waals surface area contributed by atoms with Crippen molar-refractivity contribution in [1.29, 1.82) is 0 Å². The molecule has 0 unspecified atom stereocenters. The molecule has 18 heavy (non-hydrogen) atoms. The molecular formula is C11H9F3O4. The lowest BCUT2D eigenvalue weighted by Crippen LogP contribution is -2.19. The van der Waals surface area contributed by atoms with Crippen molar-refractivity contribution in [1.82, 2.24) is 0 Å². The molecule has 0 aliphatic carbocycles. The zero-order valence-corrected chi connectivity index (χ0v) is 9.28. The van der Waals surface area contributed by atoms with Crippen LogP contribution in [0.1, 0.15) is 15.9 Å². The van der Waals surface area contributed by atoms with Crippen LogP contribution in [0, 0.1) is 0 Å². The number of rotatable bonds is 4. The number of ether oxygens (including phenoxy) is 2. The number of hydrogen-bond donors (Lipinski definition) is 0. The quantitative estimate of drug-likeness (QED) is 0.616. The van der Waals surface area contributed by atoms with Gasteiger partial charge in [-0.2, -0.15) is 0 Å². The van der Waals surface area contributed by atoms with E-state index in [4.69, 9.17) is 0 Å². The number of carbonyl (C=O) groups excluding carboxylic acids is 2. The second kappa shape index (κ2) is 5.52. The molecule has 0 spiro atoms. The SMILES string of the molecule is COC(=O)Cc1cc(C=O)ccc1OC(F)(F)F. The molecule has 98 valence electrons. The Morgan fingerprint density at radius 1 is 1.39 bits per heavy atom. The third kappa shape index (κ3) is 4.08. The maximum atomic E-state index is 12.1. The van der Waals surface area contributed by atoms with E-state index in [-0.39, 0.29) is 11.1 Å². The van der Waals surface area contributed by atoms with Gasteiger partial charge in [-0.25, -0.2) is 0 Å². The van der Waals surface area contributed by atoms with Crippen molar-refractivity contribution in [3.05, 3.63) is 29.3 Å². The number of halogens is 3. The van der Waals surface area contributed by atoms with Crippen molar-refractivity contribution in [2.45, 2.75) is 12.8 Å². The number of aldehydes is 1. The fourth-order valence-electron chi connectivity index (χ4n) is 1.26. The Balaban J connectivity index is 3.07. The minimum atomic E-state index is -4.87. The van der Waals surface area contributed by atoms with Gasteiger partial charge >= 0.3 is 12.3 Å². The van der Waals surface area contributed by atoms with Crippen LogP contribution < -0.4 is 4.74 Å². The Bertz CT molecular complexity index is 454. The fourth-order valence-corrected chi connectivity index (χ4v) is 1.26. The number of alkyl halides is 3. The summed E-state index contributed by atoms with van der Waals surface area (Å²) in [6, 6.07) is 3.29. The van der Waals surface area contributed by atoms with Crippen LogP contribution in [0.15, 0.2) is 18.2 Å². The van der Waals surface area contributed by atoms with Gasteiger partial charge in [-0.1, -0.05) is 0 Å². The normalized spacial score (nSPS) is 10.9. The van der Waals surface area contributed by atoms with Crippen molar-refractivity contribution >= 4 is 12.3 Å². The molecule has 0 radical (unpaired) electrons. The first kappa shape index (κ1) is 14.0. The summed E-state index contributed by atoms with van der Waals surface area (Å²) in [6.07, 6.45) is -4.82. The summed E-state index contributed by atoms with van der Waals surface area (Å²) in [7, 11) is 1.11. The lowest BCUT2D eigenvalue weighted by atomic mass is 10.1. The molecule has 1 aromatic rings. The first-order valence-corrected chi connectivity index (χ1v) is 4.76. The highest BCUT2D eigenvalue weighted by atomic mass is 19.4. The second-order valence-electron chi connectivity index (χ2n) is 3.29. The van der Waals surface area contributed by atoms with Crippen LogP contribution in [0.3, 0.4) is 0 Å². The summed E-state index contributed by atoms with van der Waals surface area (Å²) >= 11 is 0. The van der Waals surface area contributed by atoms with Crippen LogP contribution in [0.5, 0.6) is 5.75 Å². The topological polar surface area (TPSA) is 52.6 Å². The molecule has 4 nitrogen and oxygen atoms in total. The summed E-state index contributed by atoms with van der Waals surface area (Å²) in [5.74, 6) is -1.26. The zero-order valence-electron chi connectivity index (χ0n) is 9.28. The van der Waals surface area contributed by atoms with Gasteiger partial charge in [0.1, 0.15) is 12.0 Å². The fraction of sp³-hybridized carbons (Fsp3) is 0.273. The van der Waals surface area contributed by atoms with E-state index in [1.807, 2.05) is 0 Å².